The number of rotatable bonds is 1. The third-order valence-corrected chi connectivity index (χ3v) is 5.00. The molecule has 0 unspecified atom stereocenters. The second-order valence-corrected chi connectivity index (χ2v) is 5.03. The van der Waals surface area contributed by atoms with Crippen molar-refractivity contribution >= 4 is 69.4 Å². The molecular formula is C6H4Br4N2. The highest BCUT2D eigenvalue weighted by Gasteiger charge is 2.11. The monoisotopic (exact) mass is 420 g/mol. The number of aromatic nitrogens is 1. The van der Waals surface area contributed by atoms with Gasteiger partial charge in [0.05, 0.1) is 14.6 Å². The van der Waals surface area contributed by atoms with Crippen molar-refractivity contribution in [2.45, 2.75) is 0 Å². The van der Waals surface area contributed by atoms with Gasteiger partial charge in [-0.05, 0) is 63.7 Å². The topological polar surface area (TPSA) is 24.9 Å². The Morgan fingerprint density at radius 1 is 1.00 bits per heavy atom. The molecular weight excluding hydrogens is 420 g/mol. The number of nitrogens with one attached hydrogen (secondary N) is 1. The van der Waals surface area contributed by atoms with Crippen LogP contribution in [0.1, 0.15) is 0 Å². The number of anilines is 1. The van der Waals surface area contributed by atoms with E-state index in [0.29, 0.717) is 0 Å². The Labute approximate surface area is 104 Å². The van der Waals surface area contributed by atoms with E-state index in [0.717, 1.165) is 23.8 Å². The van der Waals surface area contributed by atoms with Crippen LogP contribution in [0, 0.1) is 0 Å². The number of halogens is 4. The van der Waals surface area contributed by atoms with E-state index in [9.17, 15) is 0 Å². The van der Waals surface area contributed by atoms with Crippen molar-refractivity contribution in [3.8, 4) is 0 Å². The first-order valence-electron chi connectivity index (χ1n) is 2.95. The van der Waals surface area contributed by atoms with Crippen molar-refractivity contribution in [3.05, 3.63) is 18.2 Å². The van der Waals surface area contributed by atoms with E-state index < -0.39 is 0 Å². The second kappa shape index (κ2) is 4.39. The molecule has 6 heteroatoms. The molecule has 1 N–H and O–H groups in total. The minimum Gasteiger partial charge on any atom is -0.386 e. The van der Waals surface area contributed by atoms with Gasteiger partial charge >= 0.3 is 0 Å². The summed E-state index contributed by atoms with van der Waals surface area (Å²) in [7, 11) is 1.85. The van der Waals surface area contributed by atoms with E-state index in [1.807, 2.05) is 7.05 Å². The fourth-order valence-corrected chi connectivity index (χ4v) is 2.93. The van der Waals surface area contributed by atoms with Crippen LogP contribution < -0.4 is 5.32 Å². The summed E-state index contributed by atoms with van der Waals surface area (Å²) in [5.41, 5.74) is 0.962. The highest BCUT2D eigenvalue weighted by Crippen LogP contribution is 2.38. The van der Waals surface area contributed by atoms with Gasteiger partial charge in [0.1, 0.15) is 9.21 Å². The zero-order valence-corrected chi connectivity index (χ0v) is 12.3. The van der Waals surface area contributed by atoms with Crippen molar-refractivity contribution in [3.63, 3.8) is 0 Å². The van der Waals surface area contributed by atoms with Gasteiger partial charge in [-0.1, -0.05) is 0 Å². The molecule has 12 heavy (non-hydrogen) atoms. The van der Waals surface area contributed by atoms with Crippen LogP contribution in [0.3, 0.4) is 0 Å². The van der Waals surface area contributed by atoms with E-state index in [4.69, 9.17) is 0 Å². The van der Waals surface area contributed by atoms with Crippen LogP contribution in [0.15, 0.2) is 18.2 Å². The molecule has 0 spiro atoms. The Kier molecular flexibility index (Phi) is 4.01. The molecule has 0 aromatic carbocycles. The van der Waals surface area contributed by atoms with Crippen LogP contribution in [0.4, 0.5) is 5.69 Å². The number of hydrogen-bond donors (Lipinski definition) is 1. The van der Waals surface area contributed by atoms with Crippen molar-refractivity contribution in [1.82, 2.24) is 4.98 Å². The Morgan fingerprint density at radius 2 is 1.42 bits per heavy atom. The second-order valence-electron chi connectivity index (χ2n) is 1.95. The normalized spacial score (nSPS) is 10.1. The molecule has 66 valence electrons. The predicted molar refractivity (Wildman–Crippen MR) is 64.6 cm³/mol. The molecule has 0 aliphatic rings. The van der Waals surface area contributed by atoms with Crippen molar-refractivity contribution in [1.29, 1.82) is 0 Å². The maximum absolute atomic E-state index is 4.18. The van der Waals surface area contributed by atoms with Gasteiger partial charge < -0.3 is 5.32 Å². The third-order valence-electron chi connectivity index (χ3n) is 1.25. The first kappa shape index (κ1) is 10.9. The molecule has 0 saturated carbocycles. The molecule has 2 nitrogen and oxygen atoms in total. The quantitative estimate of drug-likeness (QED) is 0.686. The third kappa shape index (κ3) is 2.02. The van der Waals surface area contributed by atoms with Gasteiger partial charge in [-0.15, -0.1) is 0 Å². The molecule has 1 aromatic rings. The molecule has 0 atom stereocenters. The van der Waals surface area contributed by atoms with Gasteiger partial charge in [0.2, 0.25) is 0 Å². The van der Waals surface area contributed by atoms with Gasteiger partial charge in [-0.3, -0.25) is 0 Å². The molecule has 0 aliphatic carbocycles. The van der Waals surface area contributed by atoms with Gasteiger partial charge in [0.25, 0.3) is 0 Å². The largest absolute Gasteiger partial charge is 0.386 e. The smallest absolute Gasteiger partial charge is 0.123 e. The highest BCUT2D eigenvalue weighted by molar-refractivity contribution is 9.14. The average Bonchev–Trinajstić information content (AvgIpc) is 2.02. The lowest BCUT2D eigenvalue weighted by atomic mass is 10.4. The van der Waals surface area contributed by atoms with Gasteiger partial charge in [0, 0.05) is 7.05 Å². The molecule has 1 rings (SSSR count). The lowest BCUT2D eigenvalue weighted by molar-refractivity contribution is 1.19. The predicted octanol–water partition coefficient (Wildman–Crippen LogP) is 4.17. The van der Waals surface area contributed by atoms with Crippen molar-refractivity contribution in [2.75, 3.05) is 12.4 Å². The molecule has 0 saturated heterocycles. The van der Waals surface area contributed by atoms with E-state index in [1.54, 1.807) is 0 Å². The van der Waals surface area contributed by atoms with Crippen LogP contribution in [-0.4, -0.2) is 12.0 Å². The zero-order valence-electron chi connectivity index (χ0n) is 5.96. The Balaban J connectivity index is 3.42. The fraction of sp³-hybridized carbons (Fsp3) is 0.167. The van der Waals surface area contributed by atoms with Crippen LogP contribution in [-0.2, 0) is 0 Å². The van der Waals surface area contributed by atoms with Gasteiger partial charge in [-0.25, -0.2) is 4.98 Å². The molecule has 0 amide bonds. The fourth-order valence-electron chi connectivity index (χ4n) is 0.706. The molecule has 1 heterocycles. The summed E-state index contributed by atoms with van der Waals surface area (Å²) in [6, 6.07) is 0. The minimum absolute atomic E-state index is 0.766. The summed E-state index contributed by atoms with van der Waals surface area (Å²) in [5, 5.41) is 3.05. The zero-order chi connectivity index (χ0) is 9.30. The lowest BCUT2D eigenvalue weighted by Crippen LogP contribution is -1.94. The van der Waals surface area contributed by atoms with Gasteiger partial charge in [-0.2, -0.15) is 0 Å². The number of pyridine rings is 1. The maximum atomic E-state index is 4.18. The molecule has 0 aliphatic heterocycles. The standard InChI is InChI=1S/C6H4Br4N2/c1-11-4-2(7)5(9)12-6(10)3(4)8/h1H3,(H,11,12). The molecule has 1 aromatic heterocycles. The summed E-state index contributed by atoms with van der Waals surface area (Å²) in [4.78, 5) is 4.18. The SMILES string of the molecule is CNc1c(Br)c(Br)nc(Br)c1Br. The molecule has 0 radical (unpaired) electrons. The first-order chi connectivity index (χ1) is 5.57. The Morgan fingerprint density at radius 3 is 1.75 bits per heavy atom. The highest BCUT2D eigenvalue weighted by atomic mass is 79.9. The summed E-state index contributed by atoms with van der Waals surface area (Å²) >= 11 is 13.5. The van der Waals surface area contributed by atoms with Crippen LogP contribution >= 0.6 is 63.7 Å². The number of nitrogens with zero attached hydrogens (tertiary/aromatic N) is 1. The summed E-state index contributed by atoms with van der Waals surface area (Å²) in [5.74, 6) is 0. The Bertz CT molecular complexity index is 287. The molecule has 0 bridgehead atoms. The van der Waals surface area contributed by atoms with Gasteiger partial charge in [0.15, 0.2) is 0 Å². The van der Waals surface area contributed by atoms with E-state index >= 15 is 0 Å². The maximum Gasteiger partial charge on any atom is 0.123 e. The molecule has 0 fully saturated rings. The first-order valence-corrected chi connectivity index (χ1v) is 6.13. The number of hydrogen-bond acceptors (Lipinski definition) is 2. The van der Waals surface area contributed by atoms with E-state index in [2.05, 4.69) is 74.0 Å². The van der Waals surface area contributed by atoms with E-state index in [-0.39, 0.29) is 0 Å². The van der Waals surface area contributed by atoms with E-state index in [1.165, 1.54) is 0 Å². The lowest BCUT2D eigenvalue weighted by Gasteiger charge is -2.08. The summed E-state index contributed by atoms with van der Waals surface area (Å²) in [6.07, 6.45) is 0. The summed E-state index contributed by atoms with van der Waals surface area (Å²) < 4.78 is 3.34. The summed E-state index contributed by atoms with van der Waals surface area (Å²) in [6.45, 7) is 0. The Hall–Kier alpha value is 0.870. The average molecular weight is 424 g/mol. The minimum atomic E-state index is 0.766. The van der Waals surface area contributed by atoms with Crippen molar-refractivity contribution in [2.24, 2.45) is 0 Å². The van der Waals surface area contributed by atoms with Crippen LogP contribution in [0.5, 0.6) is 0 Å². The van der Waals surface area contributed by atoms with Crippen LogP contribution in [0.25, 0.3) is 0 Å². The van der Waals surface area contributed by atoms with Crippen molar-refractivity contribution < 1.29 is 0 Å². The van der Waals surface area contributed by atoms with Crippen LogP contribution in [0.2, 0.25) is 0 Å².